The summed E-state index contributed by atoms with van der Waals surface area (Å²) in [6, 6.07) is 0.353. The van der Waals surface area contributed by atoms with Crippen molar-refractivity contribution in [2.45, 2.75) is 45.2 Å². The number of amides is 1. The van der Waals surface area contributed by atoms with Crippen LogP contribution in [0.1, 0.15) is 33.6 Å². The number of hydrogen-bond donors (Lipinski definition) is 1. The Hall–Kier alpha value is -0.220. The molecule has 0 aromatic heterocycles. The zero-order chi connectivity index (χ0) is 11.5. The minimum atomic E-state index is -0.326. The molecule has 0 aromatic rings. The molecule has 1 heterocycles. The van der Waals surface area contributed by atoms with Crippen molar-refractivity contribution in [1.29, 1.82) is 0 Å². The van der Waals surface area contributed by atoms with E-state index in [9.17, 15) is 4.79 Å². The lowest BCUT2D eigenvalue weighted by molar-refractivity contribution is -0.133. The van der Waals surface area contributed by atoms with Gasteiger partial charge in [0.15, 0.2) is 0 Å². The first-order valence-corrected chi connectivity index (χ1v) is 6.99. The van der Waals surface area contributed by atoms with Crippen LogP contribution in [-0.4, -0.2) is 41.1 Å². The molecular formula is C11H22N2OS. The van der Waals surface area contributed by atoms with Gasteiger partial charge in [0.2, 0.25) is 5.91 Å². The van der Waals surface area contributed by atoms with Crippen molar-refractivity contribution in [2.24, 2.45) is 0 Å². The standard InChI is InChI=1S/C11H22N2OS/c1-5-11(3)10(14)13(8-12-11)9(2)6-7-15-4/h9,12H,5-8H2,1-4H3. The van der Waals surface area contributed by atoms with E-state index < -0.39 is 0 Å². The fraction of sp³-hybridized carbons (Fsp3) is 0.909. The Bertz CT molecular complexity index is 235. The van der Waals surface area contributed by atoms with Crippen LogP contribution in [0, 0.1) is 0 Å². The summed E-state index contributed by atoms with van der Waals surface area (Å²) in [5.41, 5.74) is -0.326. The fourth-order valence-corrected chi connectivity index (χ4v) is 2.38. The van der Waals surface area contributed by atoms with Gasteiger partial charge < -0.3 is 4.90 Å². The van der Waals surface area contributed by atoms with E-state index in [1.54, 1.807) is 0 Å². The van der Waals surface area contributed by atoms with Crippen molar-refractivity contribution >= 4 is 17.7 Å². The van der Waals surface area contributed by atoms with Gasteiger partial charge >= 0.3 is 0 Å². The van der Waals surface area contributed by atoms with Crippen LogP contribution in [0.3, 0.4) is 0 Å². The van der Waals surface area contributed by atoms with Crippen LogP contribution in [0.4, 0.5) is 0 Å². The number of rotatable bonds is 5. The fourth-order valence-electron chi connectivity index (χ4n) is 1.80. The highest BCUT2D eigenvalue weighted by molar-refractivity contribution is 7.98. The molecule has 88 valence electrons. The third-order valence-electron chi connectivity index (χ3n) is 3.35. The summed E-state index contributed by atoms with van der Waals surface area (Å²) in [6.07, 6.45) is 4.04. The normalized spacial score (nSPS) is 28.5. The summed E-state index contributed by atoms with van der Waals surface area (Å²) in [4.78, 5) is 14.1. The SMILES string of the molecule is CCC1(C)NCN(C(C)CCSC)C1=O. The molecule has 4 heteroatoms. The lowest BCUT2D eigenvalue weighted by Crippen LogP contribution is -2.44. The molecule has 2 unspecified atom stereocenters. The maximum Gasteiger partial charge on any atom is 0.243 e. The zero-order valence-corrected chi connectivity index (χ0v) is 11.0. The monoisotopic (exact) mass is 230 g/mol. The Morgan fingerprint density at radius 1 is 1.67 bits per heavy atom. The molecule has 2 atom stereocenters. The van der Waals surface area contributed by atoms with Gasteiger partial charge in [-0.1, -0.05) is 6.92 Å². The summed E-state index contributed by atoms with van der Waals surface area (Å²) < 4.78 is 0. The van der Waals surface area contributed by atoms with E-state index >= 15 is 0 Å². The third-order valence-corrected chi connectivity index (χ3v) is 4.00. The molecule has 15 heavy (non-hydrogen) atoms. The molecule has 0 bridgehead atoms. The van der Waals surface area contributed by atoms with Gasteiger partial charge in [0.05, 0.1) is 12.2 Å². The highest BCUT2D eigenvalue weighted by Gasteiger charge is 2.42. The summed E-state index contributed by atoms with van der Waals surface area (Å²) >= 11 is 1.84. The van der Waals surface area contributed by atoms with Crippen molar-refractivity contribution in [1.82, 2.24) is 10.2 Å². The molecular weight excluding hydrogens is 208 g/mol. The number of hydrogen-bond acceptors (Lipinski definition) is 3. The molecule has 1 aliphatic rings. The van der Waals surface area contributed by atoms with Gasteiger partial charge in [-0.3, -0.25) is 10.1 Å². The van der Waals surface area contributed by atoms with Gasteiger partial charge in [0.1, 0.15) is 0 Å². The predicted octanol–water partition coefficient (Wildman–Crippen LogP) is 1.69. The van der Waals surface area contributed by atoms with Crippen molar-refractivity contribution in [3.05, 3.63) is 0 Å². The van der Waals surface area contributed by atoms with Crippen molar-refractivity contribution < 1.29 is 4.79 Å². The van der Waals surface area contributed by atoms with Crippen LogP contribution in [0.5, 0.6) is 0 Å². The topological polar surface area (TPSA) is 32.3 Å². The zero-order valence-electron chi connectivity index (χ0n) is 10.2. The van der Waals surface area contributed by atoms with E-state index in [4.69, 9.17) is 0 Å². The Labute approximate surface area is 97.0 Å². The minimum absolute atomic E-state index is 0.263. The Balaban J connectivity index is 2.55. The summed E-state index contributed by atoms with van der Waals surface area (Å²) in [6.45, 7) is 6.90. The number of carbonyl (C=O) groups is 1. The molecule has 1 amide bonds. The predicted molar refractivity (Wildman–Crippen MR) is 66.0 cm³/mol. The van der Waals surface area contributed by atoms with E-state index in [0.717, 1.165) is 18.6 Å². The number of thioether (sulfide) groups is 1. The van der Waals surface area contributed by atoms with Crippen LogP contribution in [0.25, 0.3) is 0 Å². The summed E-state index contributed by atoms with van der Waals surface area (Å²) in [7, 11) is 0. The van der Waals surface area contributed by atoms with E-state index in [1.165, 1.54) is 0 Å². The maximum atomic E-state index is 12.1. The van der Waals surface area contributed by atoms with E-state index in [-0.39, 0.29) is 11.4 Å². The van der Waals surface area contributed by atoms with Crippen LogP contribution in [-0.2, 0) is 4.79 Å². The van der Waals surface area contributed by atoms with Crippen molar-refractivity contribution in [3.8, 4) is 0 Å². The lowest BCUT2D eigenvalue weighted by Gasteiger charge is -2.25. The molecule has 0 spiro atoms. The Morgan fingerprint density at radius 2 is 2.33 bits per heavy atom. The van der Waals surface area contributed by atoms with Crippen LogP contribution in [0.15, 0.2) is 0 Å². The second-order valence-electron chi connectivity index (χ2n) is 4.43. The minimum Gasteiger partial charge on any atom is -0.326 e. The molecule has 3 nitrogen and oxygen atoms in total. The van der Waals surface area contributed by atoms with Gasteiger partial charge in [-0.2, -0.15) is 11.8 Å². The largest absolute Gasteiger partial charge is 0.326 e. The lowest BCUT2D eigenvalue weighted by atomic mass is 9.99. The highest BCUT2D eigenvalue weighted by Crippen LogP contribution is 2.22. The first-order valence-electron chi connectivity index (χ1n) is 5.60. The smallest absolute Gasteiger partial charge is 0.243 e. The second kappa shape index (κ2) is 5.21. The van der Waals surface area contributed by atoms with Crippen molar-refractivity contribution in [2.75, 3.05) is 18.7 Å². The second-order valence-corrected chi connectivity index (χ2v) is 5.41. The molecule has 0 saturated carbocycles. The molecule has 1 aliphatic heterocycles. The molecule has 0 aromatic carbocycles. The molecule has 0 aliphatic carbocycles. The summed E-state index contributed by atoms with van der Waals surface area (Å²) in [5.74, 6) is 1.38. The molecule has 1 rings (SSSR count). The molecule has 1 N–H and O–H groups in total. The van der Waals surface area contributed by atoms with E-state index in [1.807, 2.05) is 23.6 Å². The quantitative estimate of drug-likeness (QED) is 0.780. The number of nitrogens with one attached hydrogen (secondary N) is 1. The maximum absolute atomic E-state index is 12.1. The molecule has 0 radical (unpaired) electrons. The number of carbonyl (C=O) groups excluding carboxylic acids is 1. The summed E-state index contributed by atoms with van der Waals surface area (Å²) in [5, 5.41) is 3.31. The van der Waals surface area contributed by atoms with Gasteiger partial charge in [-0.15, -0.1) is 0 Å². The van der Waals surface area contributed by atoms with Gasteiger partial charge in [0, 0.05) is 6.04 Å². The van der Waals surface area contributed by atoms with Gasteiger partial charge in [-0.05, 0) is 38.7 Å². The molecule has 1 saturated heterocycles. The first-order chi connectivity index (χ1) is 7.05. The van der Waals surface area contributed by atoms with Crippen LogP contribution >= 0.6 is 11.8 Å². The average molecular weight is 230 g/mol. The third kappa shape index (κ3) is 2.67. The van der Waals surface area contributed by atoms with Gasteiger partial charge in [-0.25, -0.2) is 0 Å². The Morgan fingerprint density at radius 3 is 2.80 bits per heavy atom. The first kappa shape index (κ1) is 12.8. The highest BCUT2D eigenvalue weighted by atomic mass is 32.2. The molecule has 1 fully saturated rings. The van der Waals surface area contributed by atoms with Crippen LogP contribution in [0.2, 0.25) is 0 Å². The van der Waals surface area contributed by atoms with Crippen molar-refractivity contribution in [3.63, 3.8) is 0 Å². The Kier molecular flexibility index (Phi) is 4.46. The van der Waals surface area contributed by atoms with E-state index in [2.05, 4.69) is 25.4 Å². The average Bonchev–Trinajstić information content (AvgIpc) is 2.53. The van der Waals surface area contributed by atoms with Gasteiger partial charge in [0.25, 0.3) is 0 Å². The number of nitrogens with zero attached hydrogens (tertiary/aromatic N) is 1. The van der Waals surface area contributed by atoms with Crippen LogP contribution < -0.4 is 5.32 Å². The van der Waals surface area contributed by atoms with E-state index in [0.29, 0.717) is 12.7 Å².